The second kappa shape index (κ2) is 7.25. The van der Waals surface area contributed by atoms with Gasteiger partial charge in [-0.3, -0.25) is 0 Å². The van der Waals surface area contributed by atoms with Gasteiger partial charge in [0.15, 0.2) is 5.82 Å². The number of hydrogen-bond donors (Lipinski definition) is 1. The smallest absolute Gasteiger partial charge is 0.152 e. The van der Waals surface area contributed by atoms with Crippen molar-refractivity contribution in [1.82, 2.24) is 34.5 Å². The van der Waals surface area contributed by atoms with Gasteiger partial charge in [-0.15, -0.1) is 10.2 Å². The number of likely N-dealkylation sites (tertiary alicyclic amines) is 1. The minimum atomic E-state index is 0.535. The van der Waals surface area contributed by atoms with Crippen LogP contribution in [0.3, 0.4) is 0 Å². The molecule has 4 rings (SSSR count). The minimum Gasteiger partial charge on any atom is -0.328 e. The molecule has 2 fully saturated rings. The maximum atomic E-state index is 4.54. The van der Waals surface area contributed by atoms with Gasteiger partial charge in [0.25, 0.3) is 0 Å². The summed E-state index contributed by atoms with van der Waals surface area (Å²) in [6.45, 7) is 7.49. The molecule has 0 saturated carbocycles. The minimum absolute atomic E-state index is 0.535. The molecule has 0 aliphatic carbocycles. The number of hydrogen-bond acceptors (Lipinski definition) is 5. The van der Waals surface area contributed by atoms with E-state index in [1.807, 2.05) is 19.3 Å². The van der Waals surface area contributed by atoms with E-state index in [1.54, 1.807) is 0 Å². The first kappa shape index (κ1) is 16.7. The van der Waals surface area contributed by atoms with Gasteiger partial charge in [0.1, 0.15) is 11.6 Å². The van der Waals surface area contributed by atoms with Crippen molar-refractivity contribution in [2.75, 3.05) is 26.2 Å². The molecular formula is C18H29N7. The van der Waals surface area contributed by atoms with Gasteiger partial charge in [-0.1, -0.05) is 0 Å². The van der Waals surface area contributed by atoms with E-state index < -0.39 is 0 Å². The van der Waals surface area contributed by atoms with Crippen LogP contribution in [0, 0.1) is 6.92 Å². The summed E-state index contributed by atoms with van der Waals surface area (Å²) in [5.74, 6) is 3.71. The van der Waals surface area contributed by atoms with E-state index in [2.05, 4.69) is 41.6 Å². The fourth-order valence-electron chi connectivity index (χ4n) is 4.29. The predicted octanol–water partition coefficient (Wildman–Crippen LogP) is 1.30. The number of aryl methyl sites for hydroxylation is 1. The zero-order valence-electron chi connectivity index (χ0n) is 15.4. The van der Waals surface area contributed by atoms with Gasteiger partial charge < -0.3 is 19.4 Å². The molecule has 2 aromatic heterocycles. The van der Waals surface area contributed by atoms with E-state index in [0.717, 1.165) is 30.1 Å². The number of aromatic nitrogens is 5. The van der Waals surface area contributed by atoms with Gasteiger partial charge in [0, 0.05) is 31.4 Å². The Labute approximate surface area is 149 Å². The van der Waals surface area contributed by atoms with Crippen molar-refractivity contribution in [1.29, 1.82) is 0 Å². The Morgan fingerprint density at radius 3 is 2.56 bits per heavy atom. The zero-order chi connectivity index (χ0) is 17.2. The molecule has 4 heterocycles. The monoisotopic (exact) mass is 343 g/mol. The molecule has 1 N–H and O–H groups in total. The third-order valence-electron chi connectivity index (χ3n) is 5.95. The van der Waals surface area contributed by atoms with Crippen molar-refractivity contribution in [2.45, 2.75) is 51.1 Å². The zero-order valence-corrected chi connectivity index (χ0v) is 15.4. The van der Waals surface area contributed by atoms with Gasteiger partial charge >= 0.3 is 0 Å². The Morgan fingerprint density at radius 2 is 1.88 bits per heavy atom. The average molecular weight is 343 g/mol. The predicted molar refractivity (Wildman–Crippen MR) is 96.5 cm³/mol. The number of rotatable bonds is 4. The molecule has 0 aromatic carbocycles. The second-order valence-corrected chi connectivity index (χ2v) is 7.43. The lowest BCUT2D eigenvalue weighted by molar-refractivity contribution is 0.125. The molecule has 25 heavy (non-hydrogen) atoms. The van der Waals surface area contributed by atoms with Crippen molar-refractivity contribution in [3.63, 3.8) is 0 Å². The summed E-state index contributed by atoms with van der Waals surface area (Å²) in [7, 11) is 2.11. The summed E-state index contributed by atoms with van der Waals surface area (Å²) in [6, 6.07) is 0.779. The SMILES string of the molecule is Cc1nccn1Cc1nnc(C2CCN(C3CCNCC3)CC2)n1C. The standard InChI is InChI=1S/C18H29N7/c1-14-20-9-12-25(14)13-17-21-22-18(23(17)2)15-5-10-24(11-6-15)16-3-7-19-8-4-16/h9,12,15-16,19H,3-8,10-11,13H2,1-2H3. The van der Waals surface area contributed by atoms with Crippen molar-refractivity contribution >= 4 is 0 Å². The van der Waals surface area contributed by atoms with E-state index in [4.69, 9.17) is 0 Å². The van der Waals surface area contributed by atoms with Gasteiger partial charge in [-0.2, -0.15) is 0 Å². The van der Waals surface area contributed by atoms with Gasteiger partial charge in [-0.25, -0.2) is 4.98 Å². The Bertz CT molecular complexity index is 690. The molecule has 0 bridgehead atoms. The summed E-state index contributed by atoms with van der Waals surface area (Å²) < 4.78 is 4.32. The van der Waals surface area contributed by atoms with Crippen LogP contribution in [0.2, 0.25) is 0 Å². The van der Waals surface area contributed by atoms with Crippen LogP contribution in [0.5, 0.6) is 0 Å². The second-order valence-electron chi connectivity index (χ2n) is 7.43. The lowest BCUT2D eigenvalue weighted by Gasteiger charge is -2.39. The summed E-state index contributed by atoms with van der Waals surface area (Å²) in [6.07, 6.45) is 8.82. The first-order valence-corrected chi connectivity index (χ1v) is 9.53. The van der Waals surface area contributed by atoms with Crippen molar-refractivity contribution in [3.05, 3.63) is 29.9 Å². The Kier molecular flexibility index (Phi) is 4.85. The van der Waals surface area contributed by atoms with E-state index in [0.29, 0.717) is 5.92 Å². The number of imidazole rings is 1. The van der Waals surface area contributed by atoms with Gasteiger partial charge in [0.2, 0.25) is 0 Å². The first-order chi connectivity index (χ1) is 12.2. The molecule has 2 aliphatic heterocycles. The van der Waals surface area contributed by atoms with Crippen LogP contribution in [0.4, 0.5) is 0 Å². The molecule has 136 valence electrons. The van der Waals surface area contributed by atoms with Gasteiger partial charge in [0.05, 0.1) is 6.54 Å². The maximum Gasteiger partial charge on any atom is 0.152 e. The average Bonchev–Trinajstić information content (AvgIpc) is 3.23. The highest BCUT2D eigenvalue weighted by molar-refractivity contribution is 5.05. The third kappa shape index (κ3) is 3.48. The first-order valence-electron chi connectivity index (χ1n) is 9.53. The fourth-order valence-corrected chi connectivity index (χ4v) is 4.29. The van der Waals surface area contributed by atoms with Crippen LogP contribution in [-0.4, -0.2) is 61.4 Å². The van der Waals surface area contributed by atoms with E-state index in [9.17, 15) is 0 Å². The fraction of sp³-hybridized carbons (Fsp3) is 0.722. The molecule has 7 heteroatoms. The summed E-state index contributed by atoms with van der Waals surface area (Å²) in [5.41, 5.74) is 0. The van der Waals surface area contributed by atoms with Crippen LogP contribution in [0.15, 0.2) is 12.4 Å². The molecule has 0 atom stereocenters. The lowest BCUT2D eigenvalue weighted by Crippen LogP contribution is -2.46. The van der Waals surface area contributed by atoms with Crippen molar-refractivity contribution in [2.24, 2.45) is 7.05 Å². The Morgan fingerprint density at radius 1 is 1.12 bits per heavy atom. The molecule has 7 nitrogen and oxygen atoms in total. The van der Waals surface area contributed by atoms with Crippen molar-refractivity contribution in [3.8, 4) is 0 Å². The molecule has 0 radical (unpaired) electrons. The third-order valence-corrected chi connectivity index (χ3v) is 5.95. The van der Waals surface area contributed by atoms with E-state index in [1.165, 1.54) is 51.9 Å². The number of piperidine rings is 2. The summed E-state index contributed by atoms with van der Waals surface area (Å²) in [4.78, 5) is 6.99. The lowest BCUT2D eigenvalue weighted by atomic mass is 9.93. The van der Waals surface area contributed by atoms with Crippen LogP contribution in [0.1, 0.15) is 49.1 Å². The highest BCUT2D eigenvalue weighted by Gasteiger charge is 2.29. The quantitative estimate of drug-likeness (QED) is 0.907. The topological polar surface area (TPSA) is 63.8 Å². The van der Waals surface area contributed by atoms with Gasteiger partial charge in [-0.05, 0) is 58.8 Å². The molecule has 0 amide bonds. The largest absolute Gasteiger partial charge is 0.328 e. The molecule has 0 spiro atoms. The highest BCUT2D eigenvalue weighted by atomic mass is 15.3. The van der Waals surface area contributed by atoms with Crippen molar-refractivity contribution < 1.29 is 0 Å². The summed E-state index contributed by atoms with van der Waals surface area (Å²) >= 11 is 0. The molecule has 2 saturated heterocycles. The molecular weight excluding hydrogens is 314 g/mol. The number of nitrogens with one attached hydrogen (secondary N) is 1. The molecule has 2 aliphatic rings. The van der Waals surface area contributed by atoms with Crippen LogP contribution < -0.4 is 5.32 Å². The Balaban J connectivity index is 1.39. The number of nitrogens with zero attached hydrogens (tertiary/aromatic N) is 6. The maximum absolute atomic E-state index is 4.54. The highest BCUT2D eigenvalue weighted by Crippen LogP contribution is 2.29. The van der Waals surface area contributed by atoms with E-state index in [-0.39, 0.29) is 0 Å². The van der Waals surface area contributed by atoms with Crippen LogP contribution >= 0.6 is 0 Å². The normalized spacial score (nSPS) is 21.0. The van der Waals surface area contributed by atoms with Crippen LogP contribution in [0.25, 0.3) is 0 Å². The Hall–Kier alpha value is -1.73. The summed E-state index contributed by atoms with van der Waals surface area (Å²) in [5, 5.41) is 12.5. The van der Waals surface area contributed by atoms with E-state index >= 15 is 0 Å². The van der Waals surface area contributed by atoms with Crippen LogP contribution in [-0.2, 0) is 13.6 Å². The molecule has 0 unspecified atom stereocenters. The molecule has 2 aromatic rings.